The molecule has 0 aromatic carbocycles. The molecule has 14 nitrogen and oxygen atoms in total. The van der Waals surface area contributed by atoms with Crippen LogP contribution in [-0.2, 0) is 23.7 Å². The summed E-state index contributed by atoms with van der Waals surface area (Å²) in [6, 6.07) is -0.954. The summed E-state index contributed by atoms with van der Waals surface area (Å²) in [5.41, 5.74) is 0. The highest BCUT2D eigenvalue weighted by Crippen LogP contribution is 2.30. The number of nitrogens with one attached hydrogen (secondary N) is 1. The quantitative estimate of drug-likeness (QED) is 0.0204. The highest BCUT2D eigenvalue weighted by atomic mass is 16.7. The van der Waals surface area contributed by atoms with Crippen LogP contribution in [0.4, 0.5) is 0 Å². The van der Waals surface area contributed by atoms with Crippen molar-refractivity contribution in [2.45, 2.75) is 408 Å². The molecule has 0 aromatic heterocycles. The second-order valence-corrected chi connectivity index (χ2v) is 29.9. The number of aliphatic hydroxyl groups excluding tert-OH is 8. The van der Waals surface area contributed by atoms with E-state index in [1.807, 2.05) is 6.08 Å². The van der Waals surface area contributed by atoms with E-state index < -0.39 is 86.8 Å². The molecule has 9 N–H and O–H groups in total. The Labute approximate surface area is 658 Å². The van der Waals surface area contributed by atoms with Crippen LogP contribution in [0, 0.1) is 0 Å². The van der Waals surface area contributed by atoms with Gasteiger partial charge in [-0.15, -0.1) is 0 Å². The lowest BCUT2D eigenvalue weighted by Crippen LogP contribution is -2.65. The van der Waals surface area contributed by atoms with E-state index in [-0.39, 0.29) is 18.9 Å². The van der Waals surface area contributed by atoms with Crippen molar-refractivity contribution in [1.29, 1.82) is 0 Å². The van der Waals surface area contributed by atoms with Gasteiger partial charge in [0.25, 0.3) is 0 Å². The summed E-state index contributed by atoms with van der Waals surface area (Å²) < 4.78 is 22.9. The van der Waals surface area contributed by atoms with E-state index >= 15 is 0 Å². The van der Waals surface area contributed by atoms with Gasteiger partial charge in [0, 0.05) is 6.42 Å². The van der Waals surface area contributed by atoms with E-state index in [1.54, 1.807) is 6.08 Å². The van der Waals surface area contributed by atoms with Crippen LogP contribution in [0.2, 0.25) is 0 Å². The van der Waals surface area contributed by atoms with E-state index in [2.05, 4.69) is 165 Å². The molecular weight excluding hydrogens is 1350 g/mol. The molecule has 2 rings (SSSR count). The van der Waals surface area contributed by atoms with Crippen LogP contribution in [0.3, 0.4) is 0 Å². The Bertz CT molecular complexity index is 2440. The van der Waals surface area contributed by atoms with Crippen molar-refractivity contribution < 1.29 is 64.6 Å². The largest absolute Gasteiger partial charge is 0.394 e. The minimum atomic E-state index is -1.80. The fourth-order valence-corrected chi connectivity index (χ4v) is 13.4. The van der Waals surface area contributed by atoms with Crippen LogP contribution in [0.25, 0.3) is 0 Å². The number of carbonyl (C=O) groups excluding carboxylic acids is 1. The topological polar surface area (TPSA) is 228 Å². The molecule has 2 saturated heterocycles. The first kappa shape index (κ1) is 99.7. The maximum Gasteiger partial charge on any atom is 0.220 e. The number of rotatable bonds is 72. The van der Waals surface area contributed by atoms with Gasteiger partial charge in [-0.3, -0.25) is 4.79 Å². The minimum Gasteiger partial charge on any atom is -0.394 e. The molecule has 108 heavy (non-hydrogen) atoms. The van der Waals surface area contributed by atoms with Crippen molar-refractivity contribution in [3.8, 4) is 0 Å². The van der Waals surface area contributed by atoms with Crippen LogP contribution >= 0.6 is 0 Å². The predicted octanol–water partition coefficient (Wildman–Crippen LogP) is 21.2. The molecule has 2 heterocycles. The summed E-state index contributed by atoms with van der Waals surface area (Å²) in [6.07, 6.45) is 99.1. The maximum atomic E-state index is 13.4. The van der Waals surface area contributed by atoms with Crippen LogP contribution in [0.1, 0.15) is 335 Å². The number of amides is 1. The molecule has 2 aliphatic heterocycles. The molecule has 0 bridgehead atoms. The standard InChI is InChI=1S/C94H159NO13/c1-3-5-7-9-11-13-15-17-19-21-23-25-27-29-31-33-35-37-38-39-40-41-42-43-44-46-48-50-52-54-56-58-60-62-64-66-68-70-72-74-76-78-86(99)95-82(81-105-93-91(104)89(102)92(85(80-97)107-93)108-94-90(103)88(101)87(100)84(79-96)106-94)83(98)77-75-73-71-69-67-65-63-61-59-57-55-53-51-49-47-45-36-34-32-30-28-26-24-22-20-18-16-14-12-10-8-6-4-2/h5,7,11,13,17,19,23,25,29,31,35,37,39-40,42-43,46,48,52,54,59,61,67,69,75,77,82-85,87-94,96-98,100-104H,3-4,6,8-10,12,14-16,18,20-22,24,26-28,30,32-34,36,38,41,44-45,47,49-51,53,55-58,60,62-66,68,70-74,76,78-81H2,1-2H3,(H,95,99)/b7-5-,13-11-,19-17-,25-23-,31-29-,37-35-,40-39-,43-42-,48-46-,54-52-,61-59+,69-67+,77-75+. The van der Waals surface area contributed by atoms with Crippen molar-refractivity contribution >= 4 is 5.91 Å². The lowest BCUT2D eigenvalue weighted by Gasteiger charge is -2.46. The molecule has 0 aliphatic carbocycles. The molecule has 0 radical (unpaired) electrons. The van der Waals surface area contributed by atoms with Gasteiger partial charge in [0.05, 0.1) is 32.0 Å². The second kappa shape index (κ2) is 75.3. The Morgan fingerprint density at radius 2 is 0.648 bits per heavy atom. The Kier molecular flexibility index (Phi) is 69.5. The Morgan fingerprint density at radius 3 is 1.02 bits per heavy atom. The molecule has 1 amide bonds. The zero-order valence-electron chi connectivity index (χ0n) is 68.0. The number of carbonyl (C=O) groups is 1. The summed E-state index contributed by atoms with van der Waals surface area (Å²) in [4.78, 5) is 13.4. The smallest absolute Gasteiger partial charge is 0.220 e. The van der Waals surface area contributed by atoms with E-state index in [0.717, 1.165) is 116 Å². The van der Waals surface area contributed by atoms with Crippen LogP contribution in [0.15, 0.2) is 158 Å². The Hall–Kier alpha value is -4.39. The number of aliphatic hydroxyl groups is 8. The lowest BCUT2D eigenvalue weighted by molar-refractivity contribution is -0.359. The van der Waals surface area contributed by atoms with E-state index in [9.17, 15) is 45.6 Å². The third-order valence-electron chi connectivity index (χ3n) is 20.2. The normalized spacial score (nSPS) is 21.9. The van der Waals surface area contributed by atoms with Crippen molar-refractivity contribution in [3.63, 3.8) is 0 Å². The number of ether oxygens (including phenoxy) is 4. The zero-order valence-corrected chi connectivity index (χ0v) is 68.0. The molecule has 12 unspecified atom stereocenters. The van der Waals surface area contributed by atoms with Gasteiger partial charge in [0.15, 0.2) is 12.6 Å². The van der Waals surface area contributed by atoms with Gasteiger partial charge in [-0.1, -0.05) is 364 Å². The molecule has 14 heteroatoms. The zero-order chi connectivity index (χ0) is 77.9. The number of hydrogen-bond acceptors (Lipinski definition) is 13. The van der Waals surface area contributed by atoms with Gasteiger partial charge in [0.2, 0.25) is 5.91 Å². The monoisotopic (exact) mass is 1510 g/mol. The molecule has 2 aliphatic rings. The summed E-state index contributed by atoms with van der Waals surface area (Å²) in [6.45, 7) is 2.69. The van der Waals surface area contributed by atoms with Crippen molar-refractivity contribution in [3.05, 3.63) is 158 Å². The Balaban J connectivity index is 1.62. The summed E-state index contributed by atoms with van der Waals surface area (Å²) >= 11 is 0. The molecular formula is C94H159NO13. The van der Waals surface area contributed by atoms with Crippen LogP contribution in [0.5, 0.6) is 0 Å². The highest BCUT2D eigenvalue weighted by Gasteiger charge is 2.51. The predicted molar refractivity (Wildman–Crippen MR) is 451 cm³/mol. The van der Waals surface area contributed by atoms with Gasteiger partial charge >= 0.3 is 0 Å². The molecule has 2 fully saturated rings. The van der Waals surface area contributed by atoms with Gasteiger partial charge in [0.1, 0.15) is 48.8 Å². The third kappa shape index (κ3) is 56.8. The molecule has 618 valence electrons. The fraction of sp³-hybridized carbons (Fsp3) is 0.713. The van der Waals surface area contributed by atoms with Gasteiger partial charge in [-0.05, 0) is 122 Å². The first-order chi connectivity index (χ1) is 53.1. The number of hydrogen-bond donors (Lipinski definition) is 9. The minimum absolute atomic E-state index is 0.255. The van der Waals surface area contributed by atoms with Crippen molar-refractivity contribution in [2.24, 2.45) is 0 Å². The molecule has 0 saturated carbocycles. The van der Waals surface area contributed by atoms with Gasteiger partial charge in [-0.2, -0.15) is 0 Å². The first-order valence-corrected chi connectivity index (χ1v) is 43.7. The summed E-state index contributed by atoms with van der Waals surface area (Å²) in [5.74, 6) is -0.261. The Morgan fingerprint density at radius 1 is 0.343 bits per heavy atom. The van der Waals surface area contributed by atoms with E-state index in [4.69, 9.17) is 18.9 Å². The second-order valence-electron chi connectivity index (χ2n) is 29.9. The van der Waals surface area contributed by atoms with Crippen molar-refractivity contribution in [2.75, 3.05) is 19.8 Å². The molecule has 0 spiro atoms. The van der Waals surface area contributed by atoms with Crippen molar-refractivity contribution in [1.82, 2.24) is 5.32 Å². The number of allylic oxidation sites excluding steroid dienone is 25. The van der Waals surface area contributed by atoms with Crippen LogP contribution < -0.4 is 5.32 Å². The number of unbranched alkanes of at least 4 members (excludes halogenated alkanes) is 35. The van der Waals surface area contributed by atoms with Gasteiger partial charge < -0.3 is 65.1 Å². The third-order valence-corrected chi connectivity index (χ3v) is 20.2. The SMILES string of the molecule is CC/C=C\C/C=C\C/C=C\C/C=C\C/C=C\C/C=C\C/C=C\C/C=C\C/C=C\C/C=C\CCCCCCCCCCCCC(=O)NC(COC1OC(CO)C(OC2OC(CO)C(O)C(O)C2O)C(O)C1O)C(O)/C=C/CC/C=C/CC/C=C/CCCCCCCCCCCCCCCCCCCCCCCCC. The lowest BCUT2D eigenvalue weighted by atomic mass is 9.97. The van der Waals surface area contributed by atoms with Crippen LogP contribution in [-0.4, -0.2) is 140 Å². The van der Waals surface area contributed by atoms with E-state index in [1.165, 1.54) is 186 Å². The summed E-state index contributed by atoms with van der Waals surface area (Å²) in [5, 5.41) is 87.8. The first-order valence-electron chi connectivity index (χ1n) is 43.7. The summed E-state index contributed by atoms with van der Waals surface area (Å²) in [7, 11) is 0. The fourth-order valence-electron chi connectivity index (χ4n) is 13.4. The molecule has 0 aromatic rings. The van der Waals surface area contributed by atoms with Gasteiger partial charge in [-0.25, -0.2) is 0 Å². The van der Waals surface area contributed by atoms with E-state index in [0.29, 0.717) is 12.8 Å². The average molecular weight is 1510 g/mol. The average Bonchev–Trinajstić information content (AvgIpc) is 0.789. The maximum absolute atomic E-state index is 13.4. The molecule has 12 atom stereocenters. The highest BCUT2D eigenvalue weighted by molar-refractivity contribution is 5.76.